The maximum absolute atomic E-state index is 13.3. The van der Waals surface area contributed by atoms with Gasteiger partial charge in [0.2, 0.25) is 0 Å². The SMILES string of the molecule is Cn1cc(-c2cc(F)cc(C(=O)O)c2N)cn1. The summed E-state index contributed by atoms with van der Waals surface area (Å²) in [6.07, 6.45) is 3.13. The van der Waals surface area contributed by atoms with Gasteiger partial charge in [-0.05, 0) is 12.1 Å². The molecule has 2 aromatic rings. The lowest BCUT2D eigenvalue weighted by Gasteiger charge is -2.07. The van der Waals surface area contributed by atoms with Crippen molar-refractivity contribution in [3.05, 3.63) is 35.9 Å². The first-order valence-electron chi connectivity index (χ1n) is 4.80. The molecule has 17 heavy (non-hydrogen) atoms. The molecule has 0 aliphatic carbocycles. The lowest BCUT2D eigenvalue weighted by Crippen LogP contribution is -2.04. The maximum Gasteiger partial charge on any atom is 0.337 e. The Morgan fingerprint density at radius 1 is 1.53 bits per heavy atom. The van der Waals surface area contributed by atoms with E-state index in [-0.39, 0.29) is 11.3 Å². The van der Waals surface area contributed by atoms with E-state index in [9.17, 15) is 9.18 Å². The highest BCUT2D eigenvalue weighted by molar-refractivity contribution is 5.98. The van der Waals surface area contributed by atoms with Gasteiger partial charge in [0.15, 0.2) is 0 Å². The van der Waals surface area contributed by atoms with Crippen LogP contribution in [0.15, 0.2) is 24.5 Å². The molecular formula is C11H10FN3O2. The van der Waals surface area contributed by atoms with Crippen molar-refractivity contribution in [2.45, 2.75) is 0 Å². The van der Waals surface area contributed by atoms with Gasteiger partial charge in [-0.25, -0.2) is 9.18 Å². The highest BCUT2D eigenvalue weighted by Crippen LogP contribution is 2.29. The van der Waals surface area contributed by atoms with E-state index >= 15 is 0 Å². The summed E-state index contributed by atoms with van der Waals surface area (Å²) in [5, 5.41) is 12.8. The van der Waals surface area contributed by atoms with Crippen LogP contribution in [0.5, 0.6) is 0 Å². The van der Waals surface area contributed by atoms with Crippen LogP contribution in [0.25, 0.3) is 11.1 Å². The number of halogens is 1. The third kappa shape index (κ3) is 1.96. The predicted molar refractivity (Wildman–Crippen MR) is 60.0 cm³/mol. The molecule has 1 heterocycles. The molecule has 6 heteroatoms. The predicted octanol–water partition coefficient (Wildman–Crippen LogP) is 1.51. The quantitative estimate of drug-likeness (QED) is 0.773. The van der Waals surface area contributed by atoms with Gasteiger partial charge in [0, 0.05) is 24.4 Å². The van der Waals surface area contributed by atoms with Crippen LogP contribution in [0.1, 0.15) is 10.4 Å². The lowest BCUT2D eigenvalue weighted by atomic mass is 10.0. The van der Waals surface area contributed by atoms with Gasteiger partial charge in [0.25, 0.3) is 0 Å². The van der Waals surface area contributed by atoms with Crippen molar-refractivity contribution in [2.24, 2.45) is 7.05 Å². The summed E-state index contributed by atoms with van der Waals surface area (Å²) in [5.41, 5.74) is 6.40. The first kappa shape index (κ1) is 11.1. The normalized spacial score (nSPS) is 10.5. The first-order chi connectivity index (χ1) is 7.99. The van der Waals surface area contributed by atoms with E-state index in [2.05, 4.69) is 5.10 Å². The smallest absolute Gasteiger partial charge is 0.337 e. The number of nitrogens with two attached hydrogens (primary N) is 1. The fourth-order valence-electron chi connectivity index (χ4n) is 1.59. The molecule has 1 aromatic carbocycles. The molecule has 0 spiro atoms. The van der Waals surface area contributed by atoms with Crippen molar-refractivity contribution in [3.8, 4) is 11.1 Å². The van der Waals surface area contributed by atoms with Crippen molar-refractivity contribution in [1.29, 1.82) is 0 Å². The summed E-state index contributed by atoms with van der Waals surface area (Å²) < 4.78 is 14.8. The second-order valence-corrected chi connectivity index (χ2v) is 3.62. The van der Waals surface area contributed by atoms with E-state index in [1.807, 2.05) is 0 Å². The molecule has 0 aliphatic rings. The summed E-state index contributed by atoms with van der Waals surface area (Å²) in [4.78, 5) is 10.9. The number of aryl methyl sites for hydroxylation is 1. The zero-order valence-corrected chi connectivity index (χ0v) is 9.01. The van der Waals surface area contributed by atoms with E-state index in [0.29, 0.717) is 11.1 Å². The minimum absolute atomic E-state index is 0.0342. The van der Waals surface area contributed by atoms with Gasteiger partial charge >= 0.3 is 5.97 Å². The van der Waals surface area contributed by atoms with Crippen LogP contribution in [0.2, 0.25) is 0 Å². The van der Waals surface area contributed by atoms with Crippen molar-refractivity contribution in [3.63, 3.8) is 0 Å². The van der Waals surface area contributed by atoms with Crippen molar-refractivity contribution >= 4 is 11.7 Å². The van der Waals surface area contributed by atoms with Crippen LogP contribution < -0.4 is 5.73 Å². The molecule has 88 valence electrons. The van der Waals surface area contributed by atoms with Gasteiger partial charge in [-0.2, -0.15) is 5.10 Å². The van der Waals surface area contributed by atoms with Gasteiger partial charge < -0.3 is 10.8 Å². The van der Waals surface area contributed by atoms with E-state index in [1.165, 1.54) is 16.9 Å². The molecule has 3 N–H and O–H groups in total. The van der Waals surface area contributed by atoms with Crippen molar-refractivity contribution < 1.29 is 14.3 Å². The number of aromatic nitrogens is 2. The van der Waals surface area contributed by atoms with Crippen LogP contribution in [0.3, 0.4) is 0 Å². The molecule has 1 aromatic heterocycles. The van der Waals surface area contributed by atoms with Crippen LogP contribution in [-0.2, 0) is 7.05 Å². The number of aromatic carboxylic acids is 1. The third-order valence-electron chi connectivity index (χ3n) is 2.39. The summed E-state index contributed by atoms with van der Waals surface area (Å²) in [7, 11) is 1.71. The van der Waals surface area contributed by atoms with E-state index in [1.54, 1.807) is 13.2 Å². The Morgan fingerprint density at radius 2 is 2.24 bits per heavy atom. The molecule has 2 rings (SSSR count). The zero-order chi connectivity index (χ0) is 12.6. The summed E-state index contributed by atoms with van der Waals surface area (Å²) in [6.45, 7) is 0. The van der Waals surface area contributed by atoms with Crippen molar-refractivity contribution in [2.75, 3.05) is 5.73 Å². The van der Waals surface area contributed by atoms with Gasteiger partial charge in [-0.3, -0.25) is 4.68 Å². The minimum atomic E-state index is -1.26. The number of benzene rings is 1. The van der Waals surface area contributed by atoms with Crippen molar-refractivity contribution in [1.82, 2.24) is 9.78 Å². The maximum atomic E-state index is 13.3. The van der Waals surface area contributed by atoms with Crippen LogP contribution in [0, 0.1) is 5.82 Å². The molecular weight excluding hydrogens is 225 g/mol. The van der Waals surface area contributed by atoms with Gasteiger partial charge in [0.05, 0.1) is 17.4 Å². The minimum Gasteiger partial charge on any atom is -0.478 e. The lowest BCUT2D eigenvalue weighted by molar-refractivity contribution is 0.0697. The van der Waals surface area contributed by atoms with E-state index in [0.717, 1.165) is 6.07 Å². The second kappa shape index (κ2) is 3.89. The standard InChI is InChI=1S/C11H10FN3O2/c1-15-5-6(4-14-15)8-2-7(12)3-9(10(8)13)11(16)17/h2-5H,13H2,1H3,(H,16,17). The number of rotatable bonds is 2. The summed E-state index contributed by atoms with van der Waals surface area (Å²) >= 11 is 0. The second-order valence-electron chi connectivity index (χ2n) is 3.62. The molecule has 0 unspecified atom stereocenters. The Hall–Kier alpha value is -2.37. The Labute approximate surface area is 96.3 Å². The average molecular weight is 235 g/mol. The Kier molecular flexibility index (Phi) is 2.55. The molecule has 0 fully saturated rings. The molecule has 0 amide bonds. The number of carbonyl (C=O) groups is 1. The third-order valence-corrected chi connectivity index (χ3v) is 2.39. The van der Waals surface area contributed by atoms with E-state index in [4.69, 9.17) is 10.8 Å². The number of hydrogen-bond donors (Lipinski definition) is 2. The fraction of sp³-hybridized carbons (Fsp3) is 0.0909. The van der Waals surface area contributed by atoms with Gasteiger partial charge in [0.1, 0.15) is 5.82 Å². The molecule has 0 radical (unpaired) electrons. The Bertz CT molecular complexity index is 592. The zero-order valence-electron chi connectivity index (χ0n) is 9.01. The summed E-state index contributed by atoms with van der Waals surface area (Å²) in [5.74, 6) is -1.90. The number of carboxylic acid groups (broad SMARTS) is 1. The largest absolute Gasteiger partial charge is 0.478 e. The van der Waals surface area contributed by atoms with Crippen LogP contribution >= 0.6 is 0 Å². The molecule has 0 atom stereocenters. The number of anilines is 1. The Morgan fingerprint density at radius 3 is 2.76 bits per heavy atom. The molecule has 0 saturated heterocycles. The Balaban J connectivity index is 2.66. The highest BCUT2D eigenvalue weighted by atomic mass is 19.1. The number of carboxylic acids is 1. The van der Waals surface area contributed by atoms with Crippen LogP contribution in [-0.4, -0.2) is 20.9 Å². The number of hydrogen-bond acceptors (Lipinski definition) is 3. The molecule has 0 aliphatic heterocycles. The first-order valence-corrected chi connectivity index (χ1v) is 4.80. The monoisotopic (exact) mass is 235 g/mol. The topological polar surface area (TPSA) is 81.1 Å². The molecule has 0 saturated carbocycles. The van der Waals surface area contributed by atoms with Crippen LogP contribution in [0.4, 0.5) is 10.1 Å². The number of nitrogen functional groups attached to an aromatic ring is 1. The highest BCUT2D eigenvalue weighted by Gasteiger charge is 2.15. The van der Waals surface area contributed by atoms with E-state index < -0.39 is 11.8 Å². The summed E-state index contributed by atoms with van der Waals surface area (Å²) in [6, 6.07) is 2.09. The van der Waals surface area contributed by atoms with Gasteiger partial charge in [-0.1, -0.05) is 0 Å². The fourth-order valence-corrected chi connectivity index (χ4v) is 1.59. The average Bonchev–Trinajstić information content (AvgIpc) is 2.67. The number of nitrogens with zero attached hydrogens (tertiary/aromatic N) is 2. The van der Waals surface area contributed by atoms with Gasteiger partial charge in [-0.15, -0.1) is 0 Å². The molecule has 0 bridgehead atoms. The molecule has 5 nitrogen and oxygen atoms in total.